The first-order chi connectivity index (χ1) is 17.5. The number of carbonyl (C=O) groups is 6. The molecule has 15 heteroatoms. The maximum Gasteiger partial charge on any atom is 0.322 e. The number of benzene rings is 1. The summed E-state index contributed by atoms with van der Waals surface area (Å²) < 4.78 is 0. The molecule has 0 aliphatic carbocycles. The van der Waals surface area contributed by atoms with Crippen LogP contribution in [0.2, 0.25) is 0 Å². The Morgan fingerprint density at radius 1 is 0.973 bits per heavy atom. The molecule has 0 radical (unpaired) electrons. The first kappa shape index (κ1) is 31.7. The van der Waals surface area contributed by atoms with Crippen LogP contribution >= 0.6 is 21.6 Å². The summed E-state index contributed by atoms with van der Waals surface area (Å²) in [4.78, 5) is 70.2. The zero-order chi connectivity index (χ0) is 27.8. The van der Waals surface area contributed by atoms with Crippen molar-refractivity contribution in [3.05, 3.63) is 35.4 Å². The molecule has 0 aromatic heterocycles. The van der Waals surface area contributed by atoms with Gasteiger partial charge in [0, 0.05) is 42.1 Å². The van der Waals surface area contributed by atoms with Crippen LogP contribution in [0, 0.1) is 0 Å². The van der Waals surface area contributed by atoms with Gasteiger partial charge >= 0.3 is 11.9 Å². The molecule has 8 N–H and O–H groups in total. The molecule has 13 nitrogen and oxygen atoms in total. The summed E-state index contributed by atoms with van der Waals surface area (Å²) in [5.74, 6) is -3.88. The standard InChI is InChI=1S/C22H31N5O8S2/c1-2-24-19(31)13-4-3-5-14(10-13)20(32)25-8-9-36-37-12-16(21(33)26-11-18(29)30)27-17(28)7-6-15(23)22(34)35/h3-5,10,15-16H,2,6-9,11-12,23H2,1H3,(H,24,31)(H,25,32)(H,26,33)(H,27,28)(H,29,30)(H,34,35). The number of nitrogens with two attached hydrogens (primary N) is 1. The largest absolute Gasteiger partial charge is 0.480 e. The molecule has 4 amide bonds. The number of carboxylic acids is 2. The summed E-state index contributed by atoms with van der Waals surface area (Å²) >= 11 is 0. The molecule has 0 aliphatic rings. The molecule has 0 aliphatic heterocycles. The highest BCUT2D eigenvalue weighted by Gasteiger charge is 2.22. The molecular weight excluding hydrogens is 526 g/mol. The summed E-state index contributed by atoms with van der Waals surface area (Å²) in [6.07, 6.45) is -0.347. The van der Waals surface area contributed by atoms with Crippen LogP contribution < -0.4 is 27.0 Å². The fourth-order valence-corrected chi connectivity index (χ4v) is 4.76. The smallest absolute Gasteiger partial charge is 0.322 e. The Kier molecular flexibility index (Phi) is 14.8. The fraction of sp³-hybridized carbons (Fsp3) is 0.455. The van der Waals surface area contributed by atoms with Crippen molar-refractivity contribution in [2.24, 2.45) is 5.73 Å². The Balaban J connectivity index is 2.51. The van der Waals surface area contributed by atoms with Gasteiger partial charge in [0.1, 0.15) is 18.6 Å². The van der Waals surface area contributed by atoms with Crippen LogP contribution in [-0.2, 0) is 19.2 Å². The van der Waals surface area contributed by atoms with Gasteiger partial charge in [0.15, 0.2) is 0 Å². The van der Waals surface area contributed by atoms with Crippen molar-refractivity contribution < 1.29 is 39.0 Å². The number of carbonyl (C=O) groups excluding carboxylic acids is 4. The quantitative estimate of drug-likeness (QED) is 0.0950. The van der Waals surface area contributed by atoms with E-state index in [2.05, 4.69) is 21.3 Å². The third-order valence-corrected chi connectivity index (χ3v) is 6.99. The fourth-order valence-electron chi connectivity index (χ4n) is 2.69. The summed E-state index contributed by atoms with van der Waals surface area (Å²) in [5, 5.41) is 27.6. The Morgan fingerprint density at radius 2 is 1.62 bits per heavy atom. The molecular formula is C22H31N5O8S2. The lowest BCUT2D eigenvalue weighted by Crippen LogP contribution is -2.49. The maximum absolute atomic E-state index is 12.4. The van der Waals surface area contributed by atoms with Crippen molar-refractivity contribution in [1.82, 2.24) is 21.3 Å². The Bertz CT molecular complexity index is 978. The van der Waals surface area contributed by atoms with Crippen LogP contribution in [0.25, 0.3) is 0 Å². The minimum absolute atomic E-state index is 0.0926. The van der Waals surface area contributed by atoms with E-state index in [0.29, 0.717) is 23.4 Å². The van der Waals surface area contributed by atoms with Crippen molar-refractivity contribution in [1.29, 1.82) is 0 Å². The van der Waals surface area contributed by atoms with Gasteiger partial charge in [-0.2, -0.15) is 0 Å². The maximum atomic E-state index is 12.4. The van der Waals surface area contributed by atoms with Gasteiger partial charge in [0.2, 0.25) is 11.8 Å². The molecule has 1 aromatic carbocycles. The van der Waals surface area contributed by atoms with Crippen molar-refractivity contribution >= 4 is 57.2 Å². The minimum Gasteiger partial charge on any atom is -0.480 e. The summed E-state index contributed by atoms with van der Waals surface area (Å²) in [7, 11) is 2.54. The second kappa shape index (κ2) is 17.2. The lowest BCUT2D eigenvalue weighted by Gasteiger charge is -2.18. The van der Waals surface area contributed by atoms with E-state index in [9.17, 15) is 28.8 Å². The van der Waals surface area contributed by atoms with Crippen LogP contribution in [0.5, 0.6) is 0 Å². The van der Waals surface area contributed by atoms with Gasteiger partial charge in [-0.25, -0.2) is 0 Å². The first-order valence-corrected chi connectivity index (χ1v) is 13.7. The molecule has 0 heterocycles. The molecule has 204 valence electrons. The third kappa shape index (κ3) is 13.0. The van der Waals surface area contributed by atoms with E-state index in [0.717, 1.165) is 0 Å². The van der Waals surface area contributed by atoms with Crippen LogP contribution in [0.15, 0.2) is 24.3 Å². The summed E-state index contributed by atoms with van der Waals surface area (Å²) in [6, 6.07) is 4.03. The molecule has 1 rings (SSSR count). The highest BCUT2D eigenvalue weighted by atomic mass is 33.1. The van der Waals surface area contributed by atoms with Gasteiger partial charge in [0.25, 0.3) is 11.8 Å². The van der Waals surface area contributed by atoms with E-state index in [1.165, 1.54) is 27.7 Å². The summed E-state index contributed by atoms with van der Waals surface area (Å²) in [6.45, 7) is 1.92. The van der Waals surface area contributed by atoms with Gasteiger partial charge in [-0.05, 0) is 31.5 Å². The molecule has 0 spiro atoms. The lowest BCUT2D eigenvalue weighted by atomic mass is 10.1. The average Bonchev–Trinajstić information content (AvgIpc) is 2.86. The third-order valence-electron chi connectivity index (χ3n) is 4.58. The van der Waals surface area contributed by atoms with E-state index in [1.54, 1.807) is 25.1 Å². The molecule has 0 saturated heterocycles. The van der Waals surface area contributed by atoms with Gasteiger partial charge in [-0.3, -0.25) is 28.8 Å². The average molecular weight is 558 g/mol. The predicted octanol–water partition coefficient (Wildman–Crippen LogP) is -0.575. The molecule has 0 saturated carbocycles. The van der Waals surface area contributed by atoms with Crippen molar-refractivity contribution in [2.75, 3.05) is 31.1 Å². The minimum atomic E-state index is -1.25. The van der Waals surface area contributed by atoms with Crippen LogP contribution in [0.1, 0.15) is 40.5 Å². The highest BCUT2D eigenvalue weighted by molar-refractivity contribution is 8.76. The zero-order valence-corrected chi connectivity index (χ0v) is 21.8. The highest BCUT2D eigenvalue weighted by Crippen LogP contribution is 2.21. The van der Waals surface area contributed by atoms with E-state index < -0.39 is 42.4 Å². The molecule has 2 atom stereocenters. The number of amides is 4. The van der Waals surface area contributed by atoms with Crippen molar-refractivity contribution in [3.8, 4) is 0 Å². The van der Waals surface area contributed by atoms with Crippen LogP contribution in [0.4, 0.5) is 0 Å². The number of carboxylic acid groups (broad SMARTS) is 2. The normalized spacial score (nSPS) is 12.1. The van der Waals surface area contributed by atoms with Crippen LogP contribution in [0.3, 0.4) is 0 Å². The number of hydrogen-bond donors (Lipinski definition) is 7. The van der Waals surface area contributed by atoms with Gasteiger partial charge in [-0.1, -0.05) is 27.7 Å². The Labute approximate surface area is 221 Å². The van der Waals surface area contributed by atoms with Gasteiger partial charge in [0.05, 0.1) is 0 Å². The van der Waals surface area contributed by atoms with Crippen molar-refractivity contribution in [2.45, 2.75) is 31.8 Å². The summed E-state index contributed by atoms with van der Waals surface area (Å²) in [5.41, 5.74) is 6.08. The lowest BCUT2D eigenvalue weighted by molar-refractivity contribution is -0.139. The van der Waals surface area contributed by atoms with Crippen LogP contribution in [-0.4, -0.2) is 89.0 Å². The van der Waals surface area contributed by atoms with Gasteiger partial charge in [-0.15, -0.1) is 0 Å². The second-order valence-electron chi connectivity index (χ2n) is 7.52. The van der Waals surface area contributed by atoms with E-state index in [1.807, 2.05) is 0 Å². The monoisotopic (exact) mass is 557 g/mol. The number of hydrogen-bond acceptors (Lipinski definition) is 9. The zero-order valence-electron chi connectivity index (χ0n) is 20.2. The molecule has 37 heavy (non-hydrogen) atoms. The van der Waals surface area contributed by atoms with Crippen molar-refractivity contribution in [3.63, 3.8) is 0 Å². The first-order valence-electron chi connectivity index (χ1n) is 11.2. The SMILES string of the molecule is CCNC(=O)c1cccc(C(=O)NCCSSCC(NC(=O)CCC(N)C(=O)O)C(=O)NCC(=O)O)c1. The van der Waals surface area contributed by atoms with Gasteiger partial charge < -0.3 is 37.2 Å². The van der Waals surface area contributed by atoms with E-state index >= 15 is 0 Å². The number of aliphatic carboxylic acids is 2. The Morgan fingerprint density at radius 3 is 2.22 bits per heavy atom. The number of nitrogens with one attached hydrogen (secondary N) is 4. The molecule has 2 unspecified atom stereocenters. The van der Waals surface area contributed by atoms with E-state index in [4.69, 9.17) is 15.9 Å². The molecule has 0 fully saturated rings. The second-order valence-corrected chi connectivity index (χ2v) is 10.1. The molecule has 1 aromatic rings. The van der Waals surface area contributed by atoms with E-state index in [-0.39, 0.29) is 37.0 Å². The molecule has 0 bridgehead atoms. The predicted molar refractivity (Wildman–Crippen MR) is 139 cm³/mol. The topological polar surface area (TPSA) is 217 Å². The number of rotatable bonds is 17. The Hall–Kier alpha value is -3.30.